The Balaban J connectivity index is 2.07. The zero-order valence-corrected chi connectivity index (χ0v) is 12.8. The van der Waals surface area contributed by atoms with Crippen LogP contribution < -0.4 is 16.8 Å². The van der Waals surface area contributed by atoms with E-state index in [-0.39, 0.29) is 13.0 Å². The third kappa shape index (κ3) is 3.28. The van der Waals surface area contributed by atoms with Crippen LogP contribution >= 0.6 is 0 Å². The molecule has 0 bridgehead atoms. The lowest BCUT2D eigenvalue weighted by Crippen LogP contribution is -2.68. The fourth-order valence-electron chi connectivity index (χ4n) is 3.19. The van der Waals surface area contributed by atoms with E-state index >= 15 is 0 Å². The lowest BCUT2D eigenvalue weighted by atomic mass is 9.84. The van der Waals surface area contributed by atoms with Gasteiger partial charge < -0.3 is 46.7 Å². The fourth-order valence-corrected chi connectivity index (χ4v) is 3.19. The summed E-state index contributed by atoms with van der Waals surface area (Å²) in [7, 11) is 1.61. The van der Waals surface area contributed by atoms with Gasteiger partial charge in [0.25, 0.3) is 0 Å². The highest BCUT2D eigenvalue weighted by atomic mass is 16.7. The standard InChI is InChI=1S/C13H27N3O6/c1-13(20)4-21-12(9(19)11(13)16-2)22-10-6(15)3-5(14)7(17)8(10)18/h5-12,16-20H,3-4,14-15H2,1-2H3/t5-,6+,7+,8+,9-,10-,11+,12+,13-/m0/s1. The van der Waals surface area contributed by atoms with Crippen molar-refractivity contribution in [3.05, 3.63) is 0 Å². The Bertz CT molecular complexity index is 385. The lowest BCUT2D eigenvalue weighted by Gasteiger charge is -2.47. The molecule has 0 spiro atoms. The molecule has 9 atom stereocenters. The van der Waals surface area contributed by atoms with Crippen molar-refractivity contribution in [1.82, 2.24) is 5.32 Å². The first-order valence-corrected chi connectivity index (χ1v) is 7.41. The van der Waals surface area contributed by atoms with E-state index in [1.807, 2.05) is 0 Å². The van der Waals surface area contributed by atoms with Crippen molar-refractivity contribution in [1.29, 1.82) is 0 Å². The van der Waals surface area contributed by atoms with Gasteiger partial charge in [0.2, 0.25) is 0 Å². The second kappa shape index (κ2) is 6.63. The fraction of sp³-hybridized carbons (Fsp3) is 1.00. The SMILES string of the molecule is CN[C@@H]1[C@H](O)[C@@H](O[C@@H]2[C@H](O)[C@H](O)[C@@H](N)C[C@H]2N)OC[C@]1(C)O. The van der Waals surface area contributed by atoms with Crippen LogP contribution in [0.3, 0.4) is 0 Å². The summed E-state index contributed by atoms with van der Waals surface area (Å²) in [6.07, 6.45) is -5.32. The van der Waals surface area contributed by atoms with Gasteiger partial charge in [-0.2, -0.15) is 0 Å². The van der Waals surface area contributed by atoms with E-state index in [1.165, 1.54) is 6.92 Å². The molecule has 1 saturated carbocycles. The summed E-state index contributed by atoms with van der Waals surface area (Å²) in [5, 5.41) is 43.2. The van der Waals surface area contributed by atoms with Crippen molar-refractivity contribution in [3.63, 3.8) is 0 Å². The zero-order valence-electron chi connectivity index (χ0n) is 12.8. The van der Waals surface area contributed by atoms with Crippen molar-refractivity contribution < 1.29 is 29.9 Å². The highest BCUT2D eigenvalue weighted by molar-refractivity contribution is 5.00. The summed E-state index contributed by atoms with van der Waals surface area (Å²) >= 11 is 0. The minimum atomic E-state index is -1.27. The van der Waals surface area contributed by atoms with Crippen LogP contribution in [0.4, 0.5) is 0 Å². The number of ether oxygens (including phenoxy) is 2. The number of nitrogens with two attached hydrogens (primary N) is 2. The number of hydrogen-bond donors (Lipinski definition) is 7. The van der Waals surface area contributed by atoms with E-state index < -0.39 is 54.4 Å². The molecule has 1 saturated heterocycles. The molecule has 1 aliphatic heterocycles. The van der Waals surface area contributed by atoms with Crippen molar-refractivity contribution in [2.24, 2.45) is 11.5 Å². The van der Waals surface area contributed by atoms with E-state index in [0.717, 1.165) is 0 Å². The number of aliphatic hydroxyl groups excluding tert-OH is 3. The van der Waals surface area contributed by atoms with Crippen molar-refractivity contribution in [2.45, 2.75) is 67.8 Å². The van der Waals surface area contributed by atoms with Gasteiger partial charge in [-0.15, -0.1) is 0 Å². The van der Waals surface area contributed by atoms with Crippen LogP contribution in [0.5, 0.6) is 0 Å². The largest absolute Gasteiger partial charge is 0.389 e. The number of aliphatic hydroxyl groups is 4. The van der Waals surface area contributed by atoms with E-state index in [1.54, 1.807) is 7.05 Å². The molecule has 0 amide bonds. The van der Waals surface area contributed by atoms with Crippen molar-refractivity contribution in [3.8, 4) is 0 Å². The minimum absolute atomic E-state index is 0.0552. The Kier molecular flexibility index (Phi) is 5.42. The summed E-state index contributed by atoms with van der Waals surface area (Å²) in [5.74, 6) is 0. The van der Waals surface area contributed by atoms with Crippen molar-refractivity contribution in [2.75, 3.05) is 13.7 Å². The molecule has 9 N–H and O–H groups in total. The molecule has 0 radical (unpaired) electrons. The molecule has 2 aliphatic rings. The smallest absolute Gasteiger partial charge is 0.185 e. The zero-order chi connectivity index (χ0) is 16.7. The van der Waals surface area contributed by atoms with Gasteiger partial charge in [0.15, 0.2) is 6.29 Å². The Labute approximate surface area is 129 Å². The molecule has 1 aliphatic carbocycles. The predicted molar refractivity (Wildman–Crippen MR) is 76.7 cm³/mol. The van der Waals surface area contributed by atoms with Crippen LogP contribution in [0, 0.1) is 0 Å². The van der Waals surface area contributed by atoms with Gasteiger partial charge in [0.05, 0.1) is 18.8 Å². The summed E-state index contributed by atoms with van der Waals surface area (Å²) in [6.45, 7) is 1.48. The van der Waals surface area contributed by atoms with Gasteiger partial charge in [-0.05, 0) is 20.4 Å². The molecule has 9 heteroatoms. The maximum Gasteiger partial charge on any atom is 0.185 e. The summed E-state index contributed by atoms with van der Waals surface area (Å²) in [4.78, 5) is 0. The summed E-state index contributed by atoms with van der Waals surface area (Å²) in [5.41, 5.74) is 10.4. The highest BCUT2D eigenvalue weighted by Crippen LogP contribution is 2.28. The second-order valence-corrected chi connectivity index (χ2v) is 6.44. The van der Waals surface area contributed by atoms with Gasteiger partial charge in [-0.25, -0.2) is 0 Å². The van der Waals surface area contributed by atoms with Crippen LogP contribution in [0.1, 0.15) is 13.3 Å². The topological polar surface area (TPSA) is 163 Å². The number of hydrogen-bond acceptors (Lipinski definition) is 9. The molecule has 2 rings (SSSR count). The number of likely N-dealkylation sites (N-methyl/N-ethyl adjacent to an activating group) is 1. The maximum atomic E-state index is 10.3. The van der Waals surface area contributed by atoms with Gasteiger partial charge in [-0.1, -0.05) is 0 Å². The Morgan fingerprint density at radius 1 is 1.14 bits per heavy atom. The second-order valence-electron chi connectivity index (χ2n) is 6.44. The number of rotatable bonds is 3. The normalized spacial score (nSPS) is 53.5. The van der Waals surface area contributed by atoms with E-state index in [2.05, 4.69) is 5.32 Å². The third-order valence-corrected chi connectivity index (χ3v) is 4.52. The average Bonchev–Trinajstić information content (AvgIpc) is 2.43. The lowest BCUT2D eigenvalue weighted by molar-refractivity contribution is -0.296. The minimum Gasteiger partial charge on any atom is -0.389 e. The molecular weight excluding hydrogens is 294 g/mol. The van der Waals surface area contributed by atoms with Crippen LogP contribution in [0.15, 0.2) is 0 Å². The Hall–Kier alpha value is -0.360. The highest BCUT2D eigenvalue weighted by Gasteiger charge is 2.49. The van der Waals surface area contributed by atoms with Gasteiger partial charge in [-0.3, -0.25) is 0 Å². The number of nitrogens with one attached hydrogen (secondary N) is 1. The average molecular weight is 321 g/mol. The van der Waals surface area contributed by atoms with Crippen LogP contribution in [0.2, 0.25) is 0 Å². The summed E-state index contributed by atoms with van der Waals surface area (Å²) < 4.78 is 11.0. The first kappa shape index (κ1) is 18.0. The molecule has 0 unspecified atom stereocenters. The van der Waals surface area contributed by atoms with Gasteiger partial charge >= 0.3 is 0 Å². The van der Waals surface area contributed by atoms with Crippen LogP contribution in [-0.2, 0) is 9.47 Å². The molecule has 1 heterocycles. The van der Waals surface area contributed by atoms with Crippen molar-refractivity contribution >= 4 is 0 Å². The quantitative estimate of drug-likeness (QED) is 0.276. The molecular formula is C13H27N3O6. The molecule has 0 aromatic heterocycles. The Morgan fingerprint density at radius 3 is 2.36 bits per heavy atom. The van der Waals surface area contributed by atoms with Crippen LogP contribution in [-0.4, -0.2) is 88.5 Å². The summed E-state index contributed by atoms with van der Waals surface area (Å²) in [6, 6.07) is -1.90. The van der Waals surface area contributed by atoms with E-state index in [9.17, 15) is 20.4 Å². The van der Waals surface area contributed by atoms with Crippen LogP contribution in [0.25, 0.3) is 0 Å². The molecule has 0 aromatic rings. The molecule has 22 heavy (non-hydrogen) atoms. The van der Waals surface area contributed by atoms with E-state index in [0.29, 0.717) is 0 Å². The Morgan fingerprint density at radius 2 is 1.77 bits per heavy atom. The van der Waals surface area contributed by atoms with Gasteiger partial charge in [0, 0.05) is 12.1 Å². The predicted octanol–water partition coefficient (Wildman–Crippen LogP) is -3.79. The molecule has 9 nitrogen and oxygen atoms in total. The molecule has 0 aromatic carbocycles. The first-order chi connectivity index (χ1) is 10.2. The third-order valence-electron chi connectivity index (χ3n) is 4.52. The van der Waals surface area contributed by atoms with E-state index in [4.69, 9.17) is 20.9 Å². The first-order valence-electron chi connectivity index (χ1n) is 7.41. The monoisotopic (exact) mass is 321 g/mol. The molecule has 130 valence electrons. The maximum absolute atomic E-state index is 10.3. The molecule has 2 fully saturated rings. The van der Waals surface area contributed by atoms with Gasteiger partial charge in [0.1, 0.15) is 23.9 Å².